The van der Waals surface area contributed by atoms with Crippen molar-refractivity contribution in [2.24, 2.45) is 5.92 Å². The van der Waals surface area contributed by atoms with Crippen molar-refractivity contribution in [3.63, 3.8) is 0 Å². The molecule has 0 saturated carbocycles. The van der Waals surface area contributed by atoms with Gasteiger partial charge in [0.25, 0.3) is 5.69 Å². The molecule has 0 saturated heterocycles. The molecule has 0 spiro atoms. The third-order valence-corrected chi connectivity index (χ3v) is 6.18. The summed E-state index contributed by atoms with van der Waals surface area (Å²) in [7, 11) is 0. The first kappa shape index (κ1) is 16.3. The second-order valence-electron chi connectivity index (χ2n) is 7.22. The van der Waals surface area contributed by atoms with Crippen molar-refractivity contribution in [1.82, 2.24) is 0 Å². The highest BCUT2D eigenvalue weighted by molar-refractivity contribution is 6.31. The van der Waals surface area contributed by atoms with E-state index in [0.29, 0.717) is 0 Å². The molecule has 5 rings (SSSR count). The minimum atomic E-state index is -0.323. The summed E-state index contributed by atoms with van der Waals surface area (Å²) in [6.45, 7) is 0. The van der Waals surface area contributed by atoms with Gasteiger partial charge in [0.2, 0.25) is 0 Å². The van der Waals surface area contributed by atoms with Crippen LogP contribution in [0.25, 0.3) is 0 Å². The second kappa shape index (κ2) is 6.10. The largest absolute Gasteiger partial charge is 0.378 e. The van der Waals surface area contributed by atoms with E-state index >= 15 is 0 Å². The van der Waals surface area contributed by atoms with E-state index in [2.05, 4.69) is 29.6 Å². The number of hydrogen-bond acceptors (Lipinski definition) is 3. The number of nitro groups is 1. The van der Waals surface area contributed by atoms with E-state index in [1.54, 1.807) is 12.1 Å². The highest BCUT2D eigenvalue weighted by Crippen LogP contribution is 2.54. The monoisotopic (exact) mass is 376 g/mol. The quantitative estimate of drug-likeness (QED) is 0.459. The molecular formula is C22H17ClN2O2. The summed E-state index contributed by atoms with van der Waals surface area (Å²) in [5, 5.41) is 15.7. The summed E-state index contributed by atoms with van der Waals surface area (Å²) in [6, 6.07) is 21.5. The molecule has 0 amide bonds. The number of halogens is 1. The van der Waals surface area contributed by atoms with E-state index in [1.807, 2.05) is 30.3 Å². The molecule has 3 atom stereocenters. The molecule has 134 valence electrons. The maximum Gasteiger partial charge on any atom is 0.269 e. The Bertz CT molecular complexity index is 1070. The lowest BCUT2D eigenvalue weighted by Gasteiger charge is -2.38. The third-order valence-electron chi connectivity index (χ3n) is 5.83. The van der Waals surface area contributed by atoms with Gasteiger partial charge < -0.3 is 5.32 Å². The fraction of sp³-hybridized carbons (Fsp3) is 0.182. The molecule has 0 unspecified atom stereocenters. The van der Waals surface area contributed by atoms with Crippen LogP contribution in [0.1, 0.15) is 34.2 Å². The van der Waals surface area contributed by atoms with Gasteiger partial charge in [-0.05, 0) is 46.7 Å². The standard InChI is InChI=1S/C22H17ClN2O2/c23-19-8-4-3-7-16(19)22-18-11-13-5-1-2-6-15(13)21(18)17-12-14(25(26)27)9-10-20(17)24-22/h1-10,12,18,21-22,24H,11H2/t18-,21+,22-/m1/s1. The number of non-ortho nitro benzene ring substituents is 1. The molecule has 4 nitrogen and oxygen atoms in total. The van der Waals surface area contributed by atoms with Gasteiger partial charge in [0, 0.05) is 28.8 Å². The Kier molecular flexibility index (Phi) is 3.69. The molecule has 0 aromatic heterocycles. The van der Waals surface area contributed by atoms with Gasteiger partial charge >= 0.3 is 0 Å². The Balaban J connectivity index is 1.71. The molecule has 2 aliphatic rings. The molecule has 3 aromatic carbocycles. The molecule has 3 aromatic rings. The molecule has 0 radical (unpaired) electrons. The van der Waals surface area contributed by atoms with Crippen molar-refractivity contribution in [2.45, 2.75) is 18.4 Å². The zero-order chi connectivity index (χ0) is 18.5. The number of nitro benzene ring substituents is 1. The van der Waals surface area contributed by atoms with Crippen LogP contribution in [0.4, 0.5) is 11.4 Å². The van der Waals surface area contributed by atoms with Crippen LogP contribution in [0.3, 0.4) is 0 Å². The molecule has 1 heterocycles. The van der Waals surface area contributed by atoms with Gasteiger partial charge in [0.05, 0.1) is 11.0 Å². The zero-order valence-corrected chi connectivity index (χ0v) is 15.2. The van der Waals surface area contributed by atoms with Crippen LogP contribution in [0.15, 0.2) is 66.7 Å². The van der Waals surface area contributed by atoms with Gasteiger partial charge in [-0.1, -0.05) is 54.1 Å². The Morgan fingerprint density at radius 3 is 2.48 bits per heavy atom. The van der Waals surface area contributed by atoms with Gasteiger partial charge in [0.15, 0.2) is 0 Å². The van der Waals surface area contributed by atoms with Gasteiger partial charge in [-0.3, -0.25) is 10.1 Å². The van der Waals surface area contributed by atoms with E-state index in [4.69, 9.17) is 11.6 Å². The van der Waals surface area contributed by atoms with Gasteiger partial charge in [-0.25, -0.2) is 0 Å². The lowest BCUT2D eigenvalue weighted by atomic mass is 9.75. The fourth-order valence-electron chi connectivity index (χ4n) is 4.70. The minimum absolute atomic E-state index is 0.0602. The summed E-state index contributed by atoms with van der Waals surface area (Å²) in [6.07, 6.45) is 0.922. The lowest BCUT2D eigenvalue weighted by Crippen LogP contribution is -2.30. The Morgan fingerprint density at radius 1 is 0.963 bits per heavy atom. The van der Waals surface area contributed by atoms with E-state index < -0.39 is 0 Å². The number of hydrogen-bond donors (Lipinski definition) is 1. The first-order valence-electron chi connectivity index (χ1n) is 9.00. The van der Waals surface area contributed by atoms with Crippen LogP contribution in [0, 0.1) is 16.0 Å². The van der Waals surface area contributed by atoms with Crippen LogP contribution in [0.2, 0.25) is 5.02 Å². The molecule has 1 aliphatic carbocycles. The van der Waals surface area contributed by atoms with Crippen LogP contribution in [-0.4, -0.2) is 4.92 Å². The summed E-state index contributed by atoms with van der Waals surface area (Å²) in [4.78, 5) is 11.0. The van der Waals surface area contributed by atoms with E-state index in [-0.39, 0.29) is 28.5 Å². The van der Waals surface area contributed by atoms with Crippen molar-refractivity contribution in [2.75, 3.05) is 5.32 Å². The summed E-state index contributed by atoms with van der Waals surface area (Å²) < 4.78 is 0. The predicted octanol–water partition coefficient (Wildman–Crippen LogP) is 5.72. The van der Waals surface area contributed by atoms with E-state index in [1.165, 1.54) is 11.1 Å². The second-order valence-corrected chi connectivity index (χ2v) is 7.62. The highest BCUT2D eigenvalue weighted by Gasteiger charge is 2.44. The predicted molar refractivity (Wildman–Crippen MR) is 106 cm³/mol. The Morgan fingerprint density at radius 2 is 1.70 bits per heavy atom. The fourth-order valence-corrected chi connectivity index (χ4v) is 4.95. The molecule has 27 heavy (non-hydrogen) atoms. The molecular weight excluding hydrogens is 360 g/mol. The summed E-state index contributed by atoms with van der Waals surface area (Å²) in [5.41, 5.74) is 5.74. The maximum absolute atomic E-state index is 11.3. The van der Waals surface area contributed by atoms with Gasteiger partial charge in [0.1, 0.15) is 0 Å². The SMILES string of the molecule is O=[N+]([O-])c1ccc2c(c1)[C@@H]1c3ccccc3C[C@H]1[C@@H](c1ccccc1Cl)N2. The summed E-state index contributed by atoms with van der Waals surface area (Å²) in [5.74, 6) is 0.385. The number of nitrogens with one attached hydrogen (secondary N) is 1. The maximum atomic E-state index is 11.3. The van der Waals surface area contributed by atoms with Gasteiger partial charge in [-0.15, -0.1) is 0 Å². The van der Waals surface area contributed by atoms with Crippen LogP contribution < -0.4 is 5.32 Å². The Hall–Kier alpha value is -2.85. The molecule has 1 aliphatic heterocycles. The molecule has 5 heteroatoms. The number of rotatable bonds is 2. The van der Waals surface area contributed by atoms with Crippen molar-refractivity contribution < 1.29 is 4.92 Å². The lowest BCUT2D eigenvalue weighted by molar-refractivity contribution is -0.384. The number of fused-ring (bicyclic) bond motifs is 5. The number of nitrogens with zero attached hydrogens (tertiary/aromatic N) is 1. The first-order chi connectivity index (χ1) is 13.1. The zero-order valence-electron chi connectivity index (χ0n) is 14.4. The summed E-state index contributed by atoms with van der Waals surface area (Å²) >= 11 is 6.52. The topological polar surface area (TPSA) is 55.2 Å². The average Bonchev–Trinajstić information content (AvgIpc) is 3.07. The normalized spacial score (nSPS) is 22.3. The van der Waals surface area contributed by atoms with Crippen LogP contribution in [0.5, 0.6) is 0 Å². The average molecular weight is 377 g/mol. The van der Waals surface area contributed by atoms with Crippen molar-refractivity contribution in [3.8, 4) is 0 Å². The minimum Gasteiger partial charge on any atom is -0.378 e. The van der Waals surface area contributed by atoms with Crippen molar-refractivity contribution in [1.29, 1.82) is 0 Å². The van der Waals surface area contributed by atoms with Crippen LogP contribution in [-0.2, 0) is 6.42 Å². The molecule has 1 N–H and O–H groups in total. The van der Waals surface area contributed by atoms with E-state index in [9.17, 15) is 10.1 Å². The Labute approximate surface area is 161 Å². The first-order valence-corrected chi connectivity index (χ1v) is 9.38. The number of benzene rings is 3. The molecule has 0 bridgehead atoms. The van der Waals surface area contributed by atoms with Gasteiger partial charge in [-0.2, -0.15) is 0 Å². The van der Waals surface area contributed by atoms with E-state index in [0.717, 1.165) is 28.3 Å². The number of anilines is 1. The van der Waals surface area contributed by atoms with Crippen molar-refractivity contribution >= 4 is 23.0 Å². The third kappa shape index (κ3) is 2.52. The smallest absolute Gasteiger partial charge is 0.269 e. The van der Waals surface area contributed by atoms with Crippen molar-refractivity contribution in [3.05, 3.63) is 104 Å². The molecule has 0 fully saturated rings. The van der Waals surface area contributed by atoms with Crippen LogP contribution >= 0.6 is 11.6 Å². The highest BCUT2D eigenvalue weighted by atomic mass is 35.5.